The lowest BCUT2D eigenvalue weighted by Crippen LogP contribution is -2.55. The van der Waals surface area contributed by atoms with Crippen LogP contribution in [-0.4, -0.2) is 57.9 Å². The third-order valence-electron chi connectivity index (χ3n) is 6.06. The van der Waals surface area contributed by atoms with E-state index in [0.717, 1.165) is 31.2 Å². The van der Waals surface area contributed by atoms with Crippen molar-refractivity contribution >= 4 is 22.7 Å². The number of piperidine rings is 2. The lowest BCUT2D eigenvalue weighted by atomic mass is 9.73. The van der Waals surface area contributed by atoms with E-state index < -0.39 is 0 Å². The zero-order valence-electron chi connectivity index (χ0n) is 15.6. The molecule has 142 valence electrons. The number of benzene rings is 1. The Balaban J connectivity index is 1.59. The summed E-state index contributed by atoms with van der Waals surface area (Å²) >= 11 is 0. The topological polar surface area (TPSA) is 73.7 Å². The van der Waals surface area contributed by atoms with Crippen molar-refractivity contribution in [1.29, 1.82) is 0 Å². The Hall–Kier alpha value is -2.63. The van der Waals surface area contributed by atoms with Gasteiger partial charge in [-0.3, -0.25) is 14.6 Å². The van der Waals surface area contributed by atoms with Crippen LogP contribution in [0.25, 0.3) is 10.9 Å². The van der Waals surface area contributed by atoms with Gasteiger partial charge in [0.15, 0.2) is 5.75 Å². The summed E-state index contributed by atoms with van der Waals surface area (Å²) < 4.78 is 0. The largest absolute Gasteiger partial charge is 0.505 e. The molecule has 1 aromatic heterocycles. The molecule has 0 unspecified atom stereocenters. The Bertz CT molecular complexity index is 897. The minimum absolute atomic E-state index is 0.0253. The molecule has 27 heavy (non-hydrogen) atoms. The zero-order chi connectivity index (χ0) is 19.0. The number of carbonyl (C=O) groups is 2. The van der Waals surface area contributed by atoms with Crippen LogP contribution < -0.4 is 0 Å². The molecule has 2 fully saturated rings. The summed E-state index contributed by atoms with van der Waals surface area (Å²) in [6.45, 7) is 4.75. The SMILES string of the molecule is CCN1C[C@]2(CCCN(C(=O)c3ccc4cccnc4c3O)C2)CCC1=O. The molecule has 0 aliphatic carbocycles. The summed E-state index contributed by atoms with van der Waals surface area (Å²) in [5, 5.41) is 11.4. The first-order valence-electron chi connectivity index (χ1n) is 9.67. The molecule has 1 aromatic carbocycles. The van der Waals surface area contributed by atoms with Crippen LogP contribution in [0.5, 0.6) is 5.75 Å². The van der Waals surface area contributed by atoms with Crippen molar-refractivity contribution in [3.8, 4) is 5.75 Å². The normalized spacial score (nSPS) is 23.2. The van der Waals surface area contributed by atoms with Crippen LogP contribution in [0.3, 0.4) is 0 Å². The van der Waals surface area contributed by atoms with Gasteiger partial charge in [0.05, 0.1) is 5.56 Å². The minimum atomic E-state index is -0.154. The molecule has 1 atom stereocenters. The van der Waals surface area contributed by atoms with Crippen LogP contribution in [0.15, 0.2) is 30.5 Å². The predicted molar refractivity (Wildman–Crippen MR) is 102 cm³/mol. The second kappa shape index (κ2) is 6.83. The summed E-state index contributed by atoms with van der Waals surface area (Å²) in [6, 6.07) is 7.19. The Kier molecular flexibility index (Phi) is 4.50. The average molecular weight is 367 g/mol. The van der Waals surface area contributed by atoms with Gasteiger partial charge in [-0.15, -0.1) is 0 Å². The number of aromatic hydroxyl groups is 1. The molecule has 4 rings (SSSR count). The van der Waals surface area contributed by atoms with Crippen LogP contribution in [0, 0.1) is 5.41 Å². The van der Waals surface area contributed by atoms with E-state index in [2.05, 4.69) is 4.98 Å². The first kappa shape index (κ1) is 17.8. The first-order chi connectivity index (χ1) is 13.0. The predicted octanol–water partition coefficient (Wildman–Crippen LogP) is 2.81. The number of aromatic nitrogens is 1. The quantitative estimate of drug-likeness (QED) is 0.886. The Morgan fingerprint density at radius 2 is 2.11 bits per heavy atom. The molecule has 6 nitrogen and oxygen atoms in total. The number of phenolic OH excluding ortho intramolecular Hbond substituents is 1. The second-order valence-corrected chi connectivity index (χ2v) is 7.78. The summed E-state index contributed by atoms with van der Waals surface area (Å²) in [5.74, 6) is 0.00984. The molecular formula is C21H25N3O3. The number of fused-ring (bicyclic) bond motifs is 1. The number of hydrogen-bond donors (Lipinski definition) is 1. The van der Waals surface area contributed by atoms with Crippen molar-refractivity contribution < 1.29 is 14.7 Å². The van der Waals surface area contributed by atoms with E-state index in [1.54, 1.807) is 12.3 Å². The van der Waals surface area contributed by atoms with Gasteiger partial charge >= 0.3 is 0 Å². The number of hydrogen-bond acceptors (Lipinski definition) is 4. The highest BCUT2D eigenvalue weighted by atomic mass is 16.3. The molecule has 0 radical (unpaired) electrons. The van der Waals surface area contributed by atoms with Gasteiger partial charge in [-0.05, 0) is 38.3 Å². The molecule has 2 saturated heterocycles. The highest BCUT2D eigenvalue weighted by Crippen LogP contribution is 2.39. The van der Waals surface area contributed by atoms with Crippen molar-refractivity contribution in [2.75, 3.05) is 26.2 Å². The van der Waals surface area contributed by atoms with Gasteiger partial charge in [-0.2, -0.15) is 0 Å². The molecule has 3 heterocycles. The Labute approximate surface area is 158 Å². The highest BCUT2D eigenvalue weighted by molar-refractivity contribution is 6.02. The van der Waals surface area contributed by atoms with Crippen LogP contribution in [0.2, 0.25) is 0 Å². The van der Waals surface area contributed by atoms with E-state index in [4.69, 9.17) is 0 Å². The number of pyridine rings is 1. The molecule has 1 N–H and O–H groups in total. The Morgan fingerprint density at radius 1 is 1.26 bits per heavy atom. The third kappa shape index (κ3) is 3.13. The summed E-state index contributed by atoms with van der Waals surface area (Å²) in [7, 11) is 0. The second-order valence-electron chi connectivity index (χ2n) is 7.78. The molecule has 2 aliphatic heterocycles. The lowest BCUT2D eigenvalue weighted by Gasteiger charge is -2.48. The van der Waals surface area contributed by atoms with E-state index in [-0.39, 0.29) is 23.0 Å². The van der Waals surface area contributed by atoms with E-state index in [0.29, 0.717) is 37.1 Å². The molecule has 0 bridgehead atoms. The maximum atomic E-state index is 13.2. The molecular weight excluding hydrogens is 342 g/mol. The van der Waals surface area contributed by atoms with Gasteiger partial charge in [-0.25, -0.2) is 0 Å². The van der Waals surface area contributed by atoms with E-state index >= 15 is 0 Å². The van der Waals surface area contributed by atoms with Gasteiger partial charge in [-0.1, -0.05) is 12.1 Å². The van der Waals surface area contributed by atoms with E-state index in [1.807, 2.05) is 34.9 Å². The highest BCUT2D eigenvalue weighted by Gasteiger charge is 2.42. The van der Waals surface area contributed by atoms with Gasteiger partial charge in [0.1, 0.15) is 5.52 Å². The number of carbonyl (C=O) groups excluding carboxylic acids is 2. The summed E-state index contributed by atoms with van der Waals surface area (Å²) in [4.78, 5) is 33.2. The van der Waals surface area contributed by atoms with E-state index in [1.165, 1.54) is 0 Å². The third-order valence-corrected chi connectivity index (χ3v) is 6.06. The average Bonchev–Trinajstić information content (AvgIpc) is 2.70. The van der Waals surface area contributed by atoms with Gasteiger partial charge in [0.25, 0.3) is 5.91 Å². The van der Waals surface area contributed by atoms with Crippen LogP contribution in [-0.2, 0) is 4.79 Å². The summed E-state index contributed by atoms with van der Waals surface area (Å²) in [5.41, 5.74) is 0.732. The standard InChI is InChI=1S/C21H25N3O3/c1-2-23-13-21(10-8-17(23)25)9-4-12-24(14-21)20(27)16-7-6-15-5-3-11-22-18(15)19(16)26/h3,5-7,11,26H,2,4,8-10,12-14H2,1H3/t21-/m0/s1. The first-order valence-corrected chi connectivity index (χ1v) is 9.67. The number of likely N-dealkylation sites (tertiary alicyclic amines) is 2. The molecule has 2 amide bonds. The van der Waals surface area contributed by atoms with Crippen molar-refractivity contribution in [1.82, 2.24) is 14.8 Å². The van der Waals surface area contributed by atoms with Crippen LogP contribution in [0.1, 0.15) is 43.0 Å². The minimum Gasteiger partial charge on any atom is -0.505 e. The maximum absolute atomic E-state index is 13.2. The van der Waals surface area contributed by atoms with Crippen molar-refractivity contribution in [3.63, 3.8) is 0 Å². The molecule has 0 saturated carbocycles. The smallest absolute Gasteiger partial charge is 0.257 e. The lowest BCUT2D eigenvalue weighted by molar-refractivity contribution is -0.138. The van der Waals surface area contributed by atoms with Gasteiger partial charge in [0.2, 0.25) is 5.91 Å². The molecule has 2 aliphatic rings. The van der Waals surface area contributed by atoms with Gasteiger partial charge < -0.3 is 14.9 Å². The zero-order valence-corrected chi connectivity index (χ0v) is 15.6. The number of phenols is 1. The van der Waals surface area contributed by atoms with Crippen molar-refractivity contribution in [2.45, 2.75) is 32.6 Å². The number of nitrogens with zero attached hydrogens (tertiary/aromatic N) is 3. The van der Waals surface area contributed by atoms with Gasteiger partial charge in [0, 0.05) is 49.6 Å². The van der Waals surface area contributed by atoms with Crippen molar-refractivity contribution in [2.24, 2.45) is 5.41 Å². The summed E-state index contributed by atoms with van der Waals surface area (Å²) in [6.07, 6.45) is 4.96. The fourth-order valence-electron chi connectivity index (χ4n) is 4.58. The molecule has 1 spiro atoms. The Morgan fingerprint density at radius 3 is 2.93 bits per heavy atom. The van der Waals surface area contributed by atoms with Crippen LogP contribution >= 0.6 is 0 Å². The number of rotatable bonds is 2. The fourth-order valence-corrected chi connectivity index (χ4v) is 4.58. The molecule has 2 aromatic rings. The van der Waals surface area contributed by atoms with Crippen LogP contribution in [0.4, 0.5) is 0 Å². The monoisotopic (exact) mass is 367 g/mol. The number of amides is 2. The molecule has 6 heteroatoms. The van der Waals surface area contributed by atoms with Crippen molar-refractivity contribution in [3.05, 3.63) is 36.0 Å². The maximum Gasteiger partial charge on any atom is 0.257 e. The fraction of sp³-hybridized carbons (Fsp3) is 0.476. The van der Waals surface area contributed by atoms with E-state index in [9.17, 15) is 14.7 Å².